The first kappa shape index (κ1) is 14.6. The maximum atomic E-state index is 11.5. The van der Waals surface area contributed by atoms with Crippen LogP contribution in [0.3, 0.4) is 0 Å². The Bertz CT molecular complexity index is 529. The zero-order valence-electron chi connectivity index (χ0n) is 11.1. The zero-order valence-corrected chi connectivity index (χ0v) is 11.1. The van der Waals surface area contributed by atoms with Crippen molar-refractivity contribution in [3.63, 3.8) is 0 Å². The molecule has 0 radical (unpaired) electrons. The van der Waals surface area contributed by atoms with Gasteiger partial charge in [0.2, 0.25) is 0 Å². The number of methoxy groups -OCH3 is 2. The van der Waals surface area contributed by atoms with Crippen LogP contribution in [0.25, 0.3) is 6.08 Å². The molecule has 1 aromatic carbocycles. The van der Waals surface area contributed by atoms with E-state index in [1.54, 1.807) is 32.2 Å². The van der Waals surface area contributed by atoms with Gasteiger partial charge in [0.25, 0.3) is 0 Å². The minimum Gasteiger partial charge on any atom is -0.497 e. The third-order valence-corrected chi connectivity index (χ3v) is 2.36. The number of esters is 1. The van der Waals surface area contributed by atoms with Crippen LogP contribution in [-0.2, 0) is 9.53 Å². The van der Waals surface area contributed by atoms with Crippen LogP contribution in [0.2, 0.25) is 0 Å². The van der Waals surface area contributed by atoms with Crippen LogP contribution in [0.1, 0.15) is 12.5 Å². The van der Waals surface area contributed by atoms with E-state index in [1.807, 2.05) is 6.07 Å². The van der Waals surface area contributed by atoms with Crippen LogP contribution in [-0.4, -0.2) is 26.8 Å². The van der Waals surface area contributed by atoms with Gasteiger partial charge in [0, 0.05) is 11.6 Å². The summed E-state index contributed by atoms with van der Waals surface area (Å²) in [6, 6.07) is 6.91. The van der Waals surface area contributed by atoms with E-state index < -0.39 is 5.97 Å². The SMILES string of the molecule is CCOC(=O)/C(C#N)=C/c1ccc(OC)cc1OC. The highest BCUT2D eigenvalue weighted by Crippen LogP contribution is 2.26. The van der Waals surface area contributed by atoms with E-state index in [0.29, 0.717) is 17.1 Å². The first-order valence-electron chi connectivity index (χ1n) is 5.67. The maximum Gasteiger partial charge on any atom is 0.348 e. The highest BCUT2D eigenvalue weighted by atomic mass is 16.5. The van der Waals surface area contributed by atoms with Crippen molar-refractivity contribution >= 4 is 12.0 Å². The van der Waals surface area contributed by atoms with Gasteiger partial charge in [0.1, 0.15) is 23.1 Å². The van der Waals surface area contributed by atoms with Gasteiger partial charge in [-0.3, -0.25) is 0 Å². The van der Waals surface area contributed by atoms with Gasteiger partial charge in [0.15, 0.2) is 0 Å². The van der Waals surface area contributed by atoms with Crippen LogP contribution in [0.4, 0.5) is 0 Å². The molecule has 0 heterocycles. The number of ether oxygens (including phenoxy) is 3. The molecule has 0 bridgehead atoms. The predicted octanol–water partition coefficient (Wildman–Crippen LogP) is 2.17. The third-order valence-electron chi connectivity index (χ3n) is 2.36. The third kappa shape index (κ3) is 3.75. The van der Waals surface area contributed by atoms with Gasteiger partial charge < -0.3 is 14.2 Å². The summed E-state index contributed by atoms with van der Waals surface area (Å²) >= 11 is 0. The van der Waals surface area contributed by atoms with E-state index in [1.165, 1.54) is 13.2 Å². The van der Waals surface area contributed by atoms with E-state index in [-0.39, 0.29) is 12.2 Å². The molecule has 19 heavy (non-hydrogen) atoms. The fourth-order valence-electron chi connectivity index (χ4n) is 1.44. The Morgan fingerprint density at radius 2 is 2.11 bits per heavy atom. The molecule has 0 aliphatic rings. The predicted molar refractivity (Wildman–Crippen MR) is 69.8 cm³/mol. The summed E-state index contributed by atoms with van der Waals surface area (Å²) in [4.78, 5) is 11.5. The largest absolute Gasteiger partial charge is 0.497 e. The summed E-state index contributed by atoms with van der Waals surface area (Å²) < 4.78 is 15.0. The second-order valence-electron chi connectivity index (χ2n) is 3.50. The molecule has 0 amide bonds. The smallest absolute Gasteiger partial charge is 0.348 e. The van der Waals surface area contributed by atoms with Crippen molar-refractivity contribution < 1.29 is 19.0 Å². The Morgan fingerprint density at radius 3 is 2.63 bits per heavy atom. The fourth-order valence-corrected chi connectivity index (χ4v) is 1.44. The van der Waals surface area contributed by atoms with Crippen molar-refractivity contribution in [3.05, 3.63) is 29.3 Å². The van der Waals surface area contributed by atoms with Crippen LogP contribution in [0.15, 0.2) is 23.8 Å². The Kier molecular flexibility index (Phi) is 5.42. The molecule has 0 spiro atoms. The zero-order chi connectivity index (χ0) is 14.3. The van der Waals surface area contributed by atoms with Crippen LogP contribution in [0.5, 0.6) is 11.5 Å². The number of hydrogen-bond acceptors (Lipinski definition) is 5. The average Bonchev–Trinajstić information content (AvgIpc) is 2.44. The van der Waals surface area contributed by atoms with E-state index in [4.69, 9.17) is 19.5 Å². The lowest BCUT2D eigenvalue weighted by Gasteiger charge is -2.07. The monoisotopic (exact) mass is 261 g/mol. The molecule has 0 aliphatic carbocycles. The van der Waals surface area contributed by atoms with E-state index >= 15 is 0 Å². The number of nitrogens with zero attached hydrogens (tertiary/aromatic N) is 1. The first-order chi connectivity index (χ1) is 9.15. The van der Waals surface area contributed by atoms with Gasteiger partial charge >= 0.3 is 5.97 Å². The summed E-state index contributed by atoms with van der Waals surface area (Å²) in [6.07, 6.45) is 1.43. The highest BCUT2D eigenvalue weighted by molar-refractivity contribution is 5.98. The molecule has 0 aliphatic heterocycles. The van der Waals surface area contributed by atoms with Crippen molar-refractivity contribution in [2.45, 2.75) is 6.92 Å². The number of nitriles is 1. The molecule has 0 unspecified atom stereocenters. The molecule has 0 saturated carbocycles. The van der Waals surface area contributed by atoms with Gasteiger partial charge in [-0.2, -0.15) is 5.26 Å². The molecule has 0 saturated heterocycles. The Balaban J connectivity index is 3.15. The summed E-state index contributed by atoms with van der Waals surface area (Å²) in [5.74, 6) is 0.489. The maximum absolute atomic E-state index is 11.5. The second-order valence-corrected chi connectivity index (χ2v) is 3.50. The number of benzene rings is 1. The van der Waals surface area contributed by atoms with Crippen molar-refractivity contribution in [1.82, 2.24) is 0 Å². The van der Waals surface area contributed by atoms with Crippen molar-refractivity contribution in [1.29, 1.82) is 5.26 Å². The van der Waals surface area contributed by atoms with Crippen LogP contribution in [0, 0.1) is 11.3 Å². The molecular weight excluding hydrogens is 246 g/mol. The van der Waals surface area contributed by atoms with E-state index in [2.05, 4.69) is 0 Å². The van der Waals surface area contributed by atoms with Gasteiger partial charge in [-0.1, -0.05) is 0 Å². The van der Waals surface area contributed by atoms with Crippen molar-refractivity contribution in [2.75, 3.05) is 20.8 Å². The lowest BCUT2D eigenvalue weighted by atomic mass is 10.1. The molecule has 100 valence electrons. The molecular formula is C14H15NO4. The molecule has 5 heteroatoms. The molecule has 5 nitrogen and oxygen atoms in total. The van der Waals surface area contributed by atoms with Crippen molar-refractivity contribution in [3.8, 4) is 17.6 Å². The number of hydrogen-bond donors (Lipinski definition) is 0. The topological polar surface area (TPSA) is 68.6 Å². The first-order valence-corrected chi connectivity index (χ1v) is 5.67. The summed E-state index contributed by atoms with van der Waals surface area (Å²) in [5, 5.41) is 8.96. The van der Waals surface area contributed by atoms with Gasteiger partial charge in [-0.25, -0.2) is 4.79 Å². The molecule has 1 rings (SSSR count). The van der Waals surface area contributed by atoms with Crippen LogP contribution >= 0.6 is 0 Å². The summed E-state index contributed by atoms with van der Waals surface area (Å²) in [5.41, 5.74) is 0.526. The summed E-state index contributed by atoms with van der Waals surface area (Å²) in [6.45, 7) is 1.90. The van der Waals surface area contributed by atoms with E-state index in [0.717, 1.165) is 0 Å². The normalized spacial score (nSPS) is 10.5. The molecule has 0 atom stereocenters. The van der Waals surface area contributed by atoms with Gasteiger partial charge in [-0.15, -0.1) is 0 Å². The summed E-state index contributed by atoms with van der Waals surface area (Å²) in [7, 11) is 3.05. The van der Waals surface area contributed by atoms with Gasteiger partial charge in [-0.05, 0) is 25.1 Å². The Labute approximate surface area is 112 Å². The fraction of sp³-hybridized carbons (Fsp3) is 0.286. The minimum absolute atomic E-state index is 0.0784. The highest BCUT2D eigenvalue weighted by Gasteiger charge is 2.11. The molecule has 0 aromatic heterocycles. The Morgan fingerprint density at radius 1 is 1.37 bits per heavy atom. The van der Waals surface area contributed by atoms with E-state index in [9.17, 15) is 4.79 Å². The number of rotatable bonds is 5. The van der Waals surface area contributed by atoms with Gasteiger partial charge in [0.05, 0.1) is 20.8 Å². The second kappa shape index (κ2) is 7.07. The average molecular weight is 261 g/mol. The standard InChI is InChI=1S/C14H15NO4/c1-4-19-14(16)11(9-15)7-10-5-6-12(17-2)8-13(10)18-3/h5-8H,4H2,1-3H3/b11-7+. The molecule has 0 fully saturated rings. The quantitative estimate of drug-likeness (QED) is 0.461. The molecule has 0 N–H and O–H groups in total. The number of carbonyl (C=O) groups excluding carboxylic acids is 1. The lowest BCUT2D eigenvalue weighted by Crippen LogP contribution is -2.06. The molecule has 1 aromatic rings. The minimum atomic E-state index is -0.650. The van der Waals surface area contributed by atoms with Crippen LogP contribution < -0.4 is 9.47 Å². The van der Waals surface area contributed by atoms with Crippen molar-refractivity contribution in [2.24, 2.45) is 0 Å². The number of carbonyl (C=O) groups is 1. The lowest BCUT2D eigenvalue weighted by molar-refractivity contribution is -0.137. The Hall–Kier alpha value is -2.48.